The molecule has 0 atom stereocenters. The predicted molar refractivity (Wildman–Crippen MR) is 76.7 cm³/mol. The van der Waals surface area contributed by atoms with Crippen molar-refractivity contribution in [3.63, 3.8) is 0 Å². The Bertz CT molecular complexity index is 340. The average molecular weight is 301 g/mol. The quantitative estimate of drug-likeness (QED) is 0.696. The molecule has 0 aliphatic rings. The van der Waals surface area contributed by atoms with Crippen LogP contribution in [0.1, 0.15) is 40.0 Å². The molecule has 7 heteroatoms. The van der Waals surface area contributed by atoms with Gasteiger partial charge < -0.3 is 11.1 Å². The zero-order chi connectivity index (χ0) is 13.5. The normalized spacial score (nSPS) is 11.8. The number of hydrogen-bond donors (Lipinski definition) is 2. The highest BCUT2D eigenvalue weighted by molar-refractivity contribution is 7.92. The highest BCUT2D eigenvalue weighted by atomic mass is 35.5. The zero-order valence-electron chi connectivity index (χ0n) is 11.4. The molecule has 0 aliphatic heterocycles. The van der Waals surface area contributed by atoms with E-state index in [1.165, 1.54) is 0 Å². The van der Waals surface area contributed by atoms with Gasteiger partial charge in [0.2, 0.25) is 5.91 Å². The van der Waals surface area contributed by atoms with Crippen LogP contribution in [0.25, 0.3) is 0 Å². The average Bonchev–Trinajstić information content (AvgIpc) is 2.25. The third kappa shape index (κ3) is 7.89. The third-order valence-corrected chi connectivity index (χ3v) is 4.64. The van der Waals surface area contributed by atoms with Gasteiger partial charge in [0.1, 0.15) is 5.75 Å². The first kappa shape index (κ1) is 20.0. The van der Waals surface area contributed by atoms with Crippen molar-refractivity contribution in [3.8, 4) is 0 Å². The lowest BCUT2D eigenvalue weighted by Gasteiger charge is -2.26. The summed E-state index contributed by atoms with van der Waals surface area (Å²) in [5.41, 5.74) is 5.56. The topological polar surface area (TPSA) is 89.3 Å². The van der Waals surface area contributed by atoms with Gasteiger partial charge in [0.25, 0.3) is 0 Å². The van der Waals surface area contributed by atoms with Gasteiger partial charge in [-0.15, -0.1) is 12.4 Å². The predicted octanol–water partition coefficient (Wildman–Crippen LogP) is 0.867. The molecule has 0 aliphatic carbocycles. The summed E-state index contributed by atoms with van der Waals surface area (Å²) >= 11 is 0. The van der Waals surface area contributed by atoms with Gasteiger partial charge >= 0.3 is 0 Å². The molecule has 3 N–H and O–H groups in total. The minimum Gasteiger partial charge on any atom is -0.353 e. The van der Waals surface area contributed by atoms with Crippen LogP contribution in [0.5, 0.6) is 0 Å². The summed E-state index contributed by atoms with van der Waals surface area (Å²) in [6.07, 6.45) is 2.01. The zero-order valence-corrected chi connectivity index (χ0v) is 13.0. The lowest BCUT2D eigenvalue weighted by molar-refractivity contribution is -0.118. The summed E-state index contributed by atoms with van der Waals surface area (Å²) < 4.78 is 22.8. The van der Waals surface area contributed by atoms with Crippen molar-refractivity contribution in [2.45, 2.75) is 45.6 Å². The highest BCUT2D eigenvalue weighted by Gasteiger charge is 2.22. The number of amides is 1. The molecule has 0 radical (unpaired) electrons. The SMILES string of the molecule is CCCS(=O)(=O)CC(=O)NCC(N)(CC)CC.Cl. The van der Waals surface area contributed by atoms with Gasteiger partial charge in [0, 0.05) is 12.1 Å². The van der Waals surface area contributed by atoms with Gasteiger partial charge in [0.15, 0.2) is 9.84 Å². The highest BCUT2D eigenvalue weighted by Crippen LogP contribution is 2.09. The van der Waals surface area contributed by atoms with Gasteiger partial charge in [-0.05, 0) is 19.3 Å². The number of rotatable bonds is 8. The van der Waals surface area contributed by atoms with Crippen molar-refractivity contribution in [2.75, 3.05) is 18.1 Å². The molecule has 18 heavy (non-hydrogen) atoms. The summed E-state index contributed by atoms with van der Waals surface area (Å²) in [7, 11) is -3.26. The Morgan fingerprint density at radius 1 is 1.22 bits per heavy atom. The molecule has 0 spiro atoms. The first-order chi connectivity index (χ1) is 7.78. The maximum atomic E-state index is 11.5. The van der Waals surface area contributed by atoms with E-state index in [1.807, 2.05) is 13.8 Å². The molecule has 0 heterocycles. The largest absolute Gasteiger partial charge is 0.353 e. The molecule has 0 saturated heterocycles. The summed E-state index contributed by atoms with van der Waals surface area (Å²) in [5, 5.41) is 2.60. The van der Waals surface area contributed by atoms with Crippen LogP contribution in [-0.2, 0) is 14.6 Å². The van der Waals surface area contributed by atoms with Crippen LogP contribution in [0.4, 0.5) is 0 Å². The van der Waals surface area contributed by atoms with Crippen molar-refractivity contribution < 1.29 is 13.2 Å². The Balaban J connectivity index is 0. The fraction of sp³-hybridized carbons (Fsp3) is 0.909. The number of hydrogen-bond acceptors (Lipinski definition) is 4. The molecular weight excluding hydrogens is 276 g/mol. The van der Waals surface area contributed by atoms with E-state index in [2.05, 4.69) is 5.32 Å². The van der Waals surface area contributed by atoms with Crippen LogP contribution in [-0.4, -0.2) is 37.9 Å². The van der Waals surface area contributed by atoms with Gasteiger partial charge in [-0.2, -0.15) is 0 Å². The van der Waals surface area contributed by atoms with E-state index in [0.717, 1.165) is 12.8 Å². The minimum absolute atomic E-state index is 0. The van der Waals surface area contributed by atoms with Crippen LogP contribution in [0.2, 0.25) is 0 Å². The van der Waals surface area contributed by atoms with E-state index in [0.29, 0.717) is 13.0 Å². The third-order valence-electron chi connectivity index (χ3n) is 2.91. The number of nitrogens with two attached hydrogens (primary N) is 1. The second kappa shape index (κ2) is 8.72. The van der Waals surface area contributed by atoms with Crippen molar-refractivity contribution in [1.82, 2.24) is 5.32 Å². The second-order valence-electron chi connectivity index (χ2n) is 4.44. The summed E-state index contributed by atoms with van der Waals surface area (Å²) in [6.45, 7) is 5.99. The second-order valence-corrected chi connectivity index (χ2v) is 6.62. The van der Waals surface area contributed by atoms with Gasteiger partial charge in [-0.25, -0.2) is 8.42 Å². The van der Waals surface area contributed by atoms with E-state index >= 15 is 0 Å². The van der Waals surface area contributed by atoms with E-state index in [1.54, 1.807) is 6.92 Å². The van der Waals surface area contributed by atoms with Gasteiger partial charge in [-0.3, -0.25) is 4.79 Å². The molecule has 0 aromatic carbocycles. The monoisotopic (exact) mass is 300 g/mol. The maximum Gasteiger partial charge on any atom is 0.235 e. The number of halogens is 1. The number of sulfone groups is 1. The number of carbonyl (C=O) groups excluding carboxylic acids is 1. The summed E-state index contributed by atoms with van der Waals surface area (Å²) in [4.78, 5) is 11.5. The Morgan fingerprint density at radius 3 is 2.11 bits per heavy atom. The Hall–Kier alpha value is -0.330. The van der Waals surface area contributed by atoms with Crippen LogP contribution < -0.4 is 11.1 Å². The summed E-state index contributed by atoms with van der Waals surface area (Å²) in [5.74, 6) is -0.852. The lowest BCUT2D eigenvalue weighted by Crippen LogP contribution is -2.50. The molecule has 5 nitrogen and oxygen atoms in total. The van der Waals surface area contributed by atoms with E-state index < -0.39 is 27.0 Å². The van der Waals surface area contributed by atoms with Crippen LogP contribution in [0.15, 0.2) is 0 Å². The van der Waals surface area contributed by atoms with Crippen molar-refractivity contribution in [3.05, 3.63) is 0 Å². The Labute approximate surface area is 116 Å². The minimum atomic E-state index is -3.26. The summed E-state index contributed by atoms with van der Waals surface area (Å²) in [6, 6.07) is 0. The molecule has 0 aromatic rings. The van der Waals surface area contributed by atoms with E-state index in [9.17, 15) is 13.2 Å². The van der Waals surface area contributed by atoms with Crippen LogP contribution in [0, 0.1) is 0 Å². The molecule has 0 aromatic heterocycles. The molecule has 0 rings (SSSR count). The first-order valence-electron chi connectivity index (χ1n) is 6.04. The van der Waals surface area contributed by atoms with Crippen molar-refractivity contribution in [2.24, 2.45) is 5.73 Å². The number of nitrogens with one attached hydrogen (secondary N) is 1. The molecule has 1 amide bonds. The maximum absolute atomic E-state index is 11.5. The van der Waals surface area contributed by atoms with E-state index in [-0.39, 0.29) is 18.2 Å². The fourth-order valence-corrected chi connectivity index (χ4v) is 2.68. The van der Waals surface area contributed by atoms with Crippen molar-refractivity contribution >= 4 is 28.2 Å². The lowest BCUT2D eigenvalue weighted by atomic mass is 9.94. The van der Waals surface area contributed by atoms with Crippen LogP contribution in [0.3, 0.4) is 0 Å². The van der Waals surface area contributed by atoms with Crippen LogP contribution >= 0.6 is 12.4 Å². The Kier molecular flexibility index (Phi) is 9.68. The fourth-order valence-electron chi connectivity index (χ4n) is 1.41. The molecular formula is C11H25ClN2O3S. The number of carbonyl (C=O) groups is 1. The molecule has 0 saturated carbocycles. The smallest absolute Gasteiger partial charge is 0.235 e. The Morgan fingerprint density at radius 2 is 1.72 bits per heavy atom. The molecule has 110 valence electrons. The van der Waals surface area contributed by atoms with Gasteiger partial charge in [0.05, 0.1) is 5.75 Å². The van der Waals surface area contributed by atoms with E-state index in [4.69, 9.17) is 5.73 Å². The first-order valence-corrected chi connectivity index (χ1v) is 7.86. The standard InChI is InChI=1S/C11H24N2O3S.ClH/c1-4-7-17(15,16)8-10(14)13-9-11(12,5-2)6-3;/h4-9,12H2,1-3H3,(H,13,14);1H. The van der Waals surface area contributed by atoms with Gasteiger partial charge in [-0.1, -0.05) is 20.8 Å². The molecule has 0 unspecified atom stereocenters. The molecule has 0 bridgehead atoms. The molecule has 0 fully saturated rings. The van der Waals surface area contributed by atoms with Crippen molar-refractivity contribution in [1.29, 1.82) is 0 Å².